The SMILES string of the molecule is COC(=O)c1ccc(CN(C(=O)N2CCCCC2)c2ccc(-c3cccnc3)cc2)cc1. The van der Waals surface area contributed by atoms with Crippen molar-refractivity contribution in [3.05, 3.63) is 84.2 Å². The summed E-state index contributed by atoms with van der Waals surface area (Å²) in [5.41, 5.74) is 4.36. The number of benzene rings is 2. The van der Waals surface area contributed by atoms with Crippen LogP contribution in [-0.4, -0.2) is 42.1 Å². The quantitative estimate of drug-likeness (QED) is 0.527. The van der Waals surface area contributed by atoms with Gasteiger partial charge in [0, 0.05) is 31.2 Å². The lowest BCUT2D eigenvalue weighted by Gasteiger charge is -2.33. The second-order valence-electron chi connectivity index (χ2n) is 7.89. The number of nitrogens with zero attached hydrogens (tertiary/aromatic N) is 3. The number of anilines is 1. The molecule has 4 rings (SSSR count). The Kier molecular flexibility index (Phi) is 6.80. The highest BCUT2D eigenvalue weighted by molar-refractivity contribution is 5.92. The van der Waals surface area contributed by atoms with E-state index in [1.807, 2.05) is 64.5 Å². The molecule has 0 unspecified atom stereocenters. The Labute approximate surface area is 188 Å². The number of piperidine rings is 1. The molecule has 2 amide bonds. The number of carbonyl (C=O) groups is 2. The molecule has 6 heteroatoms. The van der Waals surface area contributed by atoms with E-state index in [1.54, 1.807) is 18.3 Å². The largest absolute Gasteiger partial charge is 0.465 e. The summed E-state index contributed by atoms with van der Waals surface area (Å²) in [6.45, 7) is 1.98. The minimum Gasteiger partial charge on any atom is -0.465 e. The van der Waals surface area contributed by atoms with Crippen LogP contribution in [0.5, 0.6) is 0 Å². The molecule has 1 aromatic heterocycles. The summed E-state index contributed by atoms with van der Waals surface area (Å²) < 4.78 is 4.78. The highest BCUT2D eigenvalue weighted by Gasteiger charge is 2.24. The van der Waals surface area contributed by atoms with Crippen molar-refractivity contribution in [1.29, 1.82) is 0 Å². The van der Waals surface area contributed by atoms with Crippen molar-refractivity contribution in [2.75, 3.05) is 25.1 Å². The lowest BCUT2D eigenvalue weighted by Crippen LogP contribution is -2.45. The number of likely N-dealkylation sites (tertiary alicyclic amines) is 1. The molecule has 1 fully saturated rings. The predicted octanol–water partition coefficient (Wildman–Crippen LogP) is 5.15. The molecule has 0 N–H and O–H groups in total. The van der Waals surface area contributed by atoms with Crippen molar-refractivity contribution < 1.29 is 14.3 Å². The van der Waals surface area contributed by atoms with E-state index < -0.39 is 0 Å². The Hall–Kier alpha value is -3.67. The standard InChI is InChI=1S/C26H27N3O3/c1-32-25(30)22-9-7-20(8-10-22)19-29(26(31)28-16-3-2-4-17-28)24-13-11-21(12-14-24)23-6-5-15-27-18-23/h5-15,18H,2-4,16-17,19H2,1H3. The minimum atomic E-state index is -0.371. The Morgan fingerprint density at radius 2 is 1.66 bits per heavy atom. The Bertz CT molecular complexity index is 1040. The molecule has 0 atom stereocenters. The van der Waals surface area contributed by atoms with E-state index in [0.29, 0.717) is 12.1 Å². The zero-order valence-corrected chi connectivity index (χ0v) is 18.2. The first-order valence-corrected chi connectivity index (χ1v) is 10.9. The molecular formula is C26H27N3O3. The maximum Gasteiger partial charge on any atom is 0.337 e. The van der Waals surface area contributed by atoms with Gasteiger partial charge in [-0.1, -0.05) is 30.3 Å². The van der Waals surface area contributed by atoms with Crippen LogP contribution in [-0.2, 0) is 11.3 Å². The number of amides is 2. The van der Waals surface area contributed by atoms with Crippen molar-refractivity contribution in [1.82, 2.24) is 9.88 Å². The molecule has 1 aliphatic rings. The third-order valence-electron chi connectivity index (χ3n) is 5.75. The average Bonchev–Trinajstić information content (AvgIpc) is 2.88. The first-order valence-electron chi connectivity index (χ1n) is 10.9. The number of urea groups is 1. The van der Waals surface area contributed by atoms with Gasteiger partial charge in [0.05, 0.1) is 19.2 Å². The van der Waals surface area contributed by atoms with E-state index >= 15 is 0 Å². The van der Waals surface area contributed by atoms with Gasteiger partial charge in [-0.15, -0.1) is 0 Å². The van der Waals surface area contributed by atoms with Gasteiger partial charge in [-0.3, -0.25) is 9.88 Å². The summed E-state index contributed by atoms with van der Waals surface area (Å²) in [6.07, 6.45) is 6.82. The van der Waals surface area contributed by atoms with Crippen molar-refractivity contribution >= 4 is 17.7 Å². The minimum absolute atomic E-state index is 0.0101. The molecule has 1 aliphatic heterocycles. The second kappa shape index (κ2) is 10.1. The van der Waals surface area contributed by atoms with Crippen LogP contribution >= 0.6 is 0 Å². The van der Waals surface area contributed by atoms with Gasteiger partial charge in [-0.2, -0.15) is 0 Å². The van der Waals surface area contributed by atoms with Gasteiger partial charge in [0.25, 0.3) is 0 Å². The number of carbonyl (C=O) groups excluding carboxylic acids is 2. The molecule has 2 aromatic carbocycles. The fraction of sp³-hybridized carbons (Fsp3) is 0.269. The Morgan fingerprint density at radius 3 is 2.28 bits per heavy atom. The first-order chi connectivity index (χ1) is 15.7. The van der Waals surface area contributed by atoms with Crippen LogP contribution in [0.1, 0.15) is 35.2 Å². The molecule has 0 radical (unpaired) electrons. The number of esters is 1. The van der Waals surface area contributed by atoms with Gasteiger partial charge in [-0.05, 0) is 66.3 Å². The molecule has 32 heavy (non-hydrogen) atoms. The van der Waals surface area contributed by atoms with Crippen molar-refractivity contribution in [3.8, 4) is 11.1 Å². The fourth-order valence-corrected chi connectivity index (χ4v) is 3.94. The lowest BCUT2D eigenvalue weighted by atomic mass is 10.1. The molecule has 1 saturated heterocycles. The molecule has 3 aromatic rings. The number of hydrogen-bond donors (Lipinski definition) is 0. The molecule has 0 saturated carbocycles. The Morgan fingerprint density at radius 1 is 0.938 bits per heavy atom. The molecule has 0 bridgehead atoms. The number of ether oxygens (including phenoxy) is 1. The van der Waals surface area contributed by atoms with Crippen LogP contribution in [0, 0.1) is 0 Å². The topological polar surface area (TPSA) is 62.7 Å². The van der Waals surface area contributed by atoms with Gasteiger partial charge < -0.3 is 9.64 Å². The summed E-state index contributed by atoms with van der Waals surface area (Å²) in [4.78, 5) is 33.1. The molecule has 164 valence electrons. The van der Waals surface area contributed by atoms with E-state index in [2.05, 4.69) is 4.98 Å². The van der Waals surface area contributed by atoms with E-state index in [9.17, 15) is 9.59 Å². The summed E-state index contributed by atoms with van der Waals surface area (Å²) in [7, 11) is 1.37. The lowest BCUT2D eigenvalue weighted by molar-refractivity contribution is 0.0600. The summed E-state index contributed by atoms with van der Waals surface area (Å²) in [5.74, 6) is -0.371. The van der Waals surface area contributed by atoms with Crippen LogP contribution < -0.4 is 4.90 Å². The maximum absolute atomic E-state index is 13.4. The molecule has 0 aliphatic carbocycles. The number of rotatable bonds is 5. The molecular weight excluding hydrogens is 402 g/mol. The first kappa shape index (κ1) is 21.6. The number of hydrogen-bond acceptors (Lipinski definition) is 4. The smallest absolute Gasteiger partial charge is 0.337 e. The fourth-order valence-electron chi connectivity index (χ4n) is 3.94. The molecule has 2 heterocycles. The van der Waals surface area contributed by atoms with Gasteiger partial charge in [-0.25, -0.2) is 9.59 Å². The van der Waals surface area contributed by atoms with Crippen LogP contribution in [0.4, 0.5) is 10.5 Å². The molecule has 6 nitrogen and oxygen atoms in total. The highest BCUT2D eigenvalue weighted by Crippen LogP contribution is 2.26. The monoisotopic (exact) mass is 429 g/mol. The van der Waals surface area contributed by atoms with Gasteiger partial charge >= 0.3 is 12.0 Å². The van der Waals surface area contributed by atoms with E-state index in [4.69, 9.17) is 4.74 Å². The number of aromatic nitrogens is 1. The van der Waals surface area contributed by atoms with Crippen molar-refractivity contribution in [2.24, 2.45) is 0 Å². The zero-order valence-electron chi connectivity index (χ0n) is 18.2. The van der Waals surface area contributed by atoms with Crippen LogP contribution in [0.2, 0.25) is 0 Å². The van der Waals surface area contributed by atoms with E-state index in [0.717, 1.165) is 48.3 Å². The van der Waals surface area contributed by atoms with Crippen molar-refractivity contribution in [2.45, 2.75) is 25.8 Å². The van der Waals surface area contributed by atoms with Crippen molar-refractivity contribution in [3.63, 3.8) is 0 Å². The van der Waals surface area contributed by atoms with Crippen LogP contribution in [0.3, 0.4) is 0 Å². The predicted molar refractivity (Wildman–Crippen MR) is 124 cm³/mol. The van der Waals surface area contributed by atoms with Gasteiger partial charge in [0.1, 0.15) is 0 Å². The Balaban J connectivity index is 1.60. The van der Waals surface area contributed by atoms with Crippen LogP contribution in [0.25, 0.3) is 11.1 Å². The van der Waals surface area contributed by atoms with Gasteiger partial charge in [0.15, 0.2) is 0 Å². The average molecular weight is 430 g/mol. The third-order valence-corrected chi connectivity index (χ3v) is 5.75. The van der Waals surface area contributed by atoms with E-state index in [-0.39, 0.29) is 12.0 Å². The van der Waals surface area contributed by atoms with Crippen LogP contribution in [0.15, 0.2) is 73.1 Å². The second-order valence-corrected chi connectivity index (χ2v) is 7.89. The summed E-state index contributed by atoms with van der Waals surface area (Å²) in [5, 5.41) is 0. The maximum atomic E-state index is 13.4. The molecule has 0 spiro atoms. The summed E-state index contributed by atoms with van der Waals surface area (Å²) >= 11 is 0. The number of methoxy groups -OCH3 is 1. The van der Waals surface area contributed by atoms with Gasteiger partial charge in [0.2, 0.25) is 0 Å². The number of pyridine rings is 1. The normalized spacial score (nSPS) is 13.5. The highest BCUT2D eigenvalue weighted by atomic mass is 16.5. The summed E-state index contributed by atoms with van der Waals surface area (Å²) in [6, 6.07) is 19.1. The zero-order chi connectivity index (χ0) is 22.3. The third kappa shape index (κ3) is 4.97. The van der Waals surface area contributed by atoms with E-state index in [1.165, 1.54) is 13.5 Å².